The van der Waals surface area contributed by atoms with E-state index in [4.69, 9.17) is 4.74 Å². The van der Waals surface area contributed by atoms with Gasteiger partial charge in [0.1, 0.15) is 5.82 Å². The van der Waals surface area contributed by atoms with Crippen molar-refractivity contribution < 1.29 is 13.9 Å². The average Bonchev–Trinajstić information content (AvgIpc) is 2.21. The van der Waals surface area contributed by atoms with Gasteiger partial charge in [-0.15, -0.1) is 0 Å². The van der Waals surface area contributed by atoms with Crippen LogP contribution in [0.5, 0.6) is 0 Å². The topological polar surface area (TPSA) is 26.3 Å². The lowest BCUT2D eigenvalue weighted by atomic mass is 9.86. The van der Waals surface area contributed by atoms with Gasteiger partial charge in [-0.1, -0.05) is 19.9 Å². The highest BCUT2D eigenvalue weighted by molar-refractivity contribution is 5.78. The van der Waals surface area contributed by atoms with Crippen LogP contribution in [0.25, 0.3) is 0 Å². The summed E-state index contributed by atoms with van der Waals surface area (Å²) in [6.07, 6.45) is 0. The molecule has 0 N–H and O–H groups in total. The van der Waals surface area contributed by atoms with Gasteiger partial charge in [0, 0.05) is 0 Å². The summed E-state index contributed by atoms with van der Waals surface area (Å²) in [6.45, 7) is 5.70. The van der Waals surface area contributed by atoms with Crippen molar-refractivity contribution in [1.29, 1.82) is 0 Å². The second-order valence-corrected chi connectivity index (χ2v) is 4.25. The number of carbonyl (C=O) groups is 1. The predicted molar refractivity (Wildman–Crippen MR) is 60.7 cm³/mol. The van der Waals surface area contributed by atoms with Gasteiger partial charge in [0.15, 0.2) is 0 Å². The highest BCUT2D eigenvalue weighted by Crippen LogP contribution is 2.28. The molecule has 1 atom stereocenters. The van der Waals surface area contributed by atoms with E-state index in [9.17, 15) is 9.18 Å². The van der Waals surface area contributed by atoms with Gasteiger partial charge in [-0.2, -0.15) is 0 Å². The summed E-state index contributed by atoms with van der Waals surface area (Å²) >= 11 is 0. The third-order valence-electron chi connectivity index (χ3n) is 2.69. The first-order chi connectivity index (χ1) is 7.47. The molecular formula is C13H17FO2. The van der Waals surface area contributed by atoms with Crippen molar-refractivity contribution in [3.63, 3.8) is 0 Å². The van der Waals surface area contributed by atoms with Gasteiger partial charge >= 0.3 is 5.97 Å². The first-order valence-electron chi connectivity index (χ1n) is 5.31. The minimum Gasteiger partial charge on any atom is -0.469 e. The first kappa shape index (κ1) is 12.7. The molecule has 0 spiro atoms. The maximum absolute atomic E-state index is 13.0. The van der Waals surface area contributed by atoms with Gasteiger partial charge in [0.25, 0.3) is 0 Å². The number of aryl methyl sites for hydroxylation is 1. The van der Waals surface area contributed by atoms with Crippen LogP contribution < -0.4 is 0 Å². The van der Waals surface area contributed by atoms with Crippen LogP contribution in [0.2, 0.25) is 0 Å². The van der Waals surface area contributed by atoms with Gasteiger partial charge in [-0.05, 0) is 36.1 Å². The fraction of sp³-hybridized carbons (Fsp3) is 0.462. The summed E-state index contributed by atoms with van der Waals surface area (Å²) in [5.74, 6) is -0.763. The lowest BCUT2D eigenvalue weighted by Crippen LogP contribution is -2.20. The monoisotopic (exact) mass is 224 g/mol. The normalized spacial score (nSPS) is 12.6. The lowest BCUT2D eigenvalue weighted by Gasteiger charge is -2.20. The molecule has 1 unspecified atom stereocenters. The molecule has 88 valence electrons. The van der Waals surface area contributed by atoms with Crippen LogP contribution in [-0.4, -0.2) is 13.1 Å². The zero-order valence-corrected chi connectivity index (χ0v) is 10.1. The average molecular weight is 224 g/mol. The van der Waals surface area contributed by atoms with Crippen molar-refractivity contribution in [1.82, 2.24) is 0 Å². The Balaban J connectivity index is 3.16. The summed E-state index contributed by atoms with van der Waals surface area (Å²) < 4.78 is 17.8. The number of rotatable bonds is 3. The van der Waals surface area contributed by atoms with Crippen molar-refractivity contribution in [3.05, 3.63) is 35.1 Å². The molecule has 0 saturated heterocycles. The van der Waals surface area contributed by atoms with E-state index in [1.807, 2.05) is 13.8 Å². The second kappa shape index (κ2) is 5.10. The Morgan fingerprint density at radius 3 is 2.44 bits per heavy atom. The minimum atomic E-state index is -0.328. The van der Waals surface area contributed by atoms with E-state index in [-0.39, 0.29) is 23.6 Å². The zero-order chi connectivity index (χ0) is 12.3. The van der Waals surface area contributed by atoms with Crippen LogP contribution in [-0.2, 0) is 9.53 Å². The molecule has 0 heterocycles. The van der Waals surface area contributed by atoms with E-state index in [2.05, 4.69) is 0 Å². The number of esters is 1. The number of halogens is 1. The SMILES string of the molecule is COC(=O)C(c1ccc(F)cc1C)C(C)C. The Kier molecular flexibility index (Phi) is 4.05. The maximum Gasteiger partial charge on any atom is 0.313 e. The number of hydrogen-bond acceptors (Lipinski definition) is 2. The summed E-state index contributed by atoms with van der Waals surface area (Å²) in [7, 11) is 1.37. The van der Waals surface area contributed by atoms with Crippen molar-refractivity contribution in [2.24, 2.45) is 5.92 Å². The Labute approximate surface area is 95.4 Å². The summed E-state index contributed by atoms with van der Waals surface area (Å²) in [6, 6.07) is 4.47. The highest BCUT2D eigenvalue weighted by Gasteiger charge is 2.26. The predicted octanol–water partition coefficient (Wildman–Crippen LogP) is 3.05. The van der Waals surface area contributed by atoms with Crippen LogP contribution in [0.3, 0.4) is 0 Å². The van der Waals surface area contributed by atoms with Crippen LogP contribution >= 0.6 is 0 Å². The van der Waals surface area contributed by atoms with Gasteiger partial charge in [-0.25, -0.2) is 4.39 Å². The molecule has 1 aromatic carbocycles. The van der Waals surface area contributed by atoms with E-state index in [1.54, 1.807) is 13.0 Å². The molecule has 0 bridgehead atoms. The molecule has 0 aliphatic rings. The molecule has 0 saturated carbocycles. The zero-order valence-electron chi connectivity index (χ0n) is 10.1. The molecular weight excluding hydrogens is 207 g/mol. The Morgan fingerprint density at radius 2 is 2.00 bits per heavy atom. The van der Waals surface area contributed by atoms with E-state index >= 15 is 0 Å². The van der Waals surface area contributed by atoms with Gasteiger partial charge < -0.3 is 4.74 Å². The Bertz CT molecular complexity index is 386. The molecule has 1 rings (SSSR count). The quantitative estimate of drug-likeness (QED) is 0.738. The van der Waals surface area contributed by atoms with Crippen LogP contribution in [0.4, 0.5) is 4.39 Å². The molecule has 0 amide bonds. The Morgan fingerprint density at radius 1 is 1.38 bits per heavy atom. The highest BCUT2D eigenvalue weighted by atomic mass is 19.1. The lowest BCUT2D eigenvalue weighted by molar-refractivity contribution is -0.143. The maximum atomic E-state index is 13.0. The van der Waals surface area contributed by atoms with E-state index in [0.717, 1.165) is 11.1 Å². The van der Waals surface area contributed by atoms with Crippen molar-refractivity contribution in [2.75, 3.05) is 7.11 Å². The number of hydrogen-bond donors (Lipinski definition) is 0. The fourth-order valence-corrected chi connectivity index (χ4v) is 1.87. The molecule has 0 aliphatic carbocycles. The van der Waals surface area contributed by atoms with Crippen LogP contribution in [0.15, 0.2) is 18.2 Å². The number of carbonyl (C=O) groups excluding carboxylic acids is 1. The van der Waals surface area contributed by atoms with Crippen molar-refractivity contribution in [2.45, 2.75) is 26.7 Å². The molecule has 0 aromatic heterocycles. The van der Waals surface area contributed by atoms with E-state index in [1.165, 1.54) is 19.2 Å². The van der Waals surface area contributed by atoms with Crippen molar-refractivity contribution in [3.8, 4) is 0 Å². The summed E-state index contributed by atoms with van der Waals surface area (Å²) in [5.41, 5.74) is 1.62. The number of benzene rings is 1. The summed E-state index contributed by atoms with van der Waals surface area (Å²) in [5, 5.41) is 0. The molecule has 1 aromatic rings. The third-order valence-corrected chi connectivity index (χ3v) is 2.69. The molecule has 2 nitrogen and oxygen atoms in total. The molecule has 0 fully saturated rings. The van der Waals surface area contributed by atoms with Crippen molar-refractivity contribution >= 4 is 5.97 Å². The second-order valence-electron chi connectivity index (χ2n) is 4.25. The standard InChI is InChI=1S/C13H17FO2/c1-8(2)12(13(15)16-4)11-6-5-10(14)7-9(11)3/h5-8,12H,1-4H3. The molecule has 3 heteroatoms. The first-order valence-corrected chi connectivity index (χ1v) is 5.31. The minimum absolute atomic E-state index is 0.122. The fourth-order valence-electron chi connectivity index (χ4n) is 1.87. The smallest absolute Gasteiger partial charge is 0.313 e. The molecule has 0 radical (unpaired) electrons. The van der Waals surface area contributed by atoms with Crippen LogP contribution in [0, 0.1) is 18.7 Å². The number of methoxy groups -OCH3 is 1. The third kappa shape index (κ3) is 2.60. The van der Waals surface area contributed by atoms with E-state index < -0.39 is 0 Å². The molecule has 16 heavy (non-hydrogen) atoms. The number of ether oxygens (including phenoxy) is 1. The van der Waals surface area contributed by atoms with Crippen LogP contribution in [0.1, 0.15) is 30.9 Å². The molecule has 0 aliphatic heterocycles. The van der Waals surface area contributed by atoms with Gasteiger partial charge in [0.05, 0.1) is 13.0 Å². The van der Waals surface area contributed by atoms with Gasteiger partial charge in [-0.3, -0.25) is 4.79 Å². The largest absolute Gasteiger partial charge is 0.469 e. The summed E-state index contributed by atoms with van der Waals surface area (Å²) in [4.78, 5) is 11.7. The Hall–Kier alpha value is -1.38. The van der Waals surface area contributed by atoms with Gasteiger partial charge in [0.2, 0.25) is 0 Å². The van der Waals surface area contributed by atoms with E-state index in [0.29, 0.717) is 0 Å².